The van der Waals surface area contributed by atoms with Crippen LogP contribution in [0, 0.1) is 0 Å². The Morgan fingerprint density at radius 3 is 2.70 bits per heavy atom. The molecule has 0 bridgehead atoms. The van der Waals surface area contributed by atoms with E-state index in [1.54, 1.807) is 11.8 Å². The molecule has 1 heterocycles. The lowest BCUT2D eigenvalue weighted by Crippen LogP contribution is -2.29. The van der Waals surface area contributed by atoms with Gasteiger partial charge in [-0.1, -0.05) is 12.1 Å². The van der Waals surface area contributed by atoms with Crippen LogP contribution >= 0.6 is 0 Å². The third-order valence-electron chi connectivity index (χ3n) is 3.85. The van der Waals surface area contributed by atoms with E-state index in [-0.39, 0.29) is 5.56 Å². The van der Waals surface area contributed by atoms with Crippen LogP contribution in [0.3, 0.4) is 0 Å². The first-order valence-electron chi connectivity index (χ1n) is 6.99. The van der Waals surface area contributed by atoms with Crippen molar-refractivity contribution in [3.63, 3.8) is 0 Å². The maximum absolute atomic E-state index is 12.4. The lowest BCUT2D eigenvalue weighted by atomic mass is 9.94. The Hall–Kier alpha value is -2.10. The predicted octanol–water partition coefficient (Wildman–Crippen LogP) is 2.18. The number of nitrogens with zero attached hydrogens (tertiary/aromatic N) is 2. The average molecular weight is 270 g/mol. The van der Waals surface area contributed by atoms with Crippen LogP contribution < -0.4 is 10.3 Å². The van der Waals surface area contributed by atoms with Crippen LogP contribution in [-0.2, 0) is 19.4 Å². The molecule has 4 heteroatoms. The van der Waals surface area contributed by atoms with Crippen LogP contribution in [-0.4, -0.2) is 16.9 Å². The Labute approximate surface area is 118 Å². The second kappa shape index (κ2) is 5.49. The van der Waals surface area contributed by atoms with Gasteiger partial charge in [-0.05, 0) is 48.9 Å². The summed E-state index contributed by atoms with van der Waals surface area (Å²) in [4.78, 5) is 12.4. The molecule has 1 aliphatic carbocycles. The summed E-state index contributed by atoms with van der Waals surface area (Å²) in [5.74, 6) is 0.819. The average Bonchev–Trinajstić information content (AvgIpc) is 2.51. The minimum absolute atomic E-state index is 0.0676. The highest BCUT2D eigenvalue weighted by molar-refractivity contribution is 5.28. The van der Waals surface area contributed by atoms with Crippen molar-refractivity contribution in [2.24, 2.45) is 0 Å². The number of aryl methyl sites for hydroxylation is 1. The van der Waals surface area contributed by atoms with Gasteiger partial charge in [0.1, 0.15) is 5.75 Å². The molecule has 0 unspecified atom stereocenters. The summed E-state index contributed by atoms with van der Waals surface area (Å²) < 4.78 is 6.69. The number of fused-ring (bicyclic) bond motifs is 1. The summed E-state index contributed by atoms with van der Waals surface area (Å²) in [7, 11) is 1.64. The highest BCUT2D eigenvalue weighted by Crippen LogP contribution is 2.17. The number of hydrogen-bond donors (Lipinski definition) is 0. The fraction of sp³-hybridized carbons (Fsp3) is 0.375. The Balaban J connectivity index is 1.88. The molecule has 0 fully saturated rings. The van der Waals surface area contributed by atoms with Crippen LogP contribution in [0.5, 0.6) is 5.75 Å². The van der Waals surface area contributed by atoms with E-state index in [0.29, 0.717) is 6.54 Å². The molecule has 0 saturated heterocycles. The largest absolute Gasteiger partial charge is 0.497 e. The van der Waals surface area contributed by atoms with Crippen LogP contribution in [0.2, 0.25) is 0 Å². The van der Waals surface area contributed by atoms with Gasteiger partial charge in [0, 0.05) is 5.56 Å². The first-order valence-corrected chi connectivity index (χ1v) is 6.99. The second-order valence-electron chi connectivity index (χ2n) is 5.17. The van der Waals surface area contributed by atoms with Crippen molar-refractivity contribution in [1.82, 2.24) is 9.78 Å². The zero-order valence-electron chi connectivity index (χ0n) is 11.6. The molecule has 20 heavy (non-hydrogen) atoms. The molecule has 104 valence electrons. The molecular formula is C16H18N2O2. The van der Waals surface area contributed by atoms with Crippen molar-refractivity contribution >= 4 is 0 Å². The van der Waals surface area contributed by atoms with Gasteiger partial charge in [0.05, 0.1) is 19.9 Å². The van der Waals surface area contributed by atoms with Gasteiger partial charge in [-0.2, -0.15) is 5.10 Å². The Kier molecular flexibility index (Phi) is 3.54. The summed E-state index contributed by atoms with van der Waals surface area (Å²) in [5.41, 5.74) is 3.21. The zero-order valence-corrected chi connectivity index (χ0v) is 11.6. The molecule has 4 nitrogen and oxygen atoms in total. The summed E-state index contributed by atoms with van der Waals surface area (Å²) >= 11 is 0. The van der Waals surface area contributed by atoms with Gasteiger partial charge in [0.15, 0.2) is 0 Å². The number of ether oxygens (including phenoxy) is 1. The molecule has 2 aromatic rings. The molecule has 1 aromatic heterocycles. The van der Waals surface area contributed by atoms with E-state index >= 15 is 0 Å². The summed E-state index contributed by atoms with van der Waals surface area (Å²) in [6.07, 6.45) is 6.01. The van der Waals surface area contributed by atoms with E-state index in [1.165, 1.54) is 0 Å². The fourth-order valence-electron chi connectivity index (χ4n) is 2.68. The maximum atomic E-state index is 12.4. The summed E-state index contributed by atoms with van der Waals surface area (Å²) in [6, 6.07) is 7.73. The maximum Gasteiger partial charge on any atom is 0.270 e. The van der Waals surface area contributed by atoms with Gasteiger partial charge in [0.25, 0.3) is 5.56 Å². The van der Waals surface area contributed by atoms with Crippen molar-refractivity contribution in [2.75, 3.05) is 7.11 Å². The smallest absolute Gasteiger partial charge is 0.270 e. The number of methoxy groups -OCH3 is 1. The molecule has 0 spiro atoms. The molecular weight excluding hydrogens is 252 g/mol. The molecule has 1 aliphatic rings. The first-order chi connectivity index (χ1) is 9.78. The Morgan fingerprint density at radius 2 is 1.95 bits per heavy atom. The molecule has 0 aliphatic heterocycles. The Morgan fingerprint density at radius 1 is 1.20 bits per heavy atom. The third-order valence-corrected chi connectivity index (χ3v) is 3.85. The molecule has 0 amide bonds. The van der Waals surface area contributed by atoms with Crippen molar-refractivity contribution in [2.45, 2.75) is 32.2 Å². The zero-order chi connectivity index (χ0) is 13.9. The van der Waals surface area contributed by atoms with Gasteiger partial charge in [-0.15, -0.1) is 0 Å². The normalized spacial score (nSPS) is 13.8. The topological polar surface area (TPSA) is 44.1 Å². The number of hydrogen-bond acceptors (Lipinski definition) is 3. The highest BCUT2D eigenvalue weighted by atomic mass is 16.5. The molecule has 0 atom stereocenters. The van der Waals surface area contributed by atoms with Crippen molar-refractivity contribution in [1.29, 1.82) is 0 Å². The van der Waals surface area contributed by atoms with Gasteiger partial charge >= 0.3 is 0 Å². The van der Waals surface area contributed by atoms with Crippen molar-refractivity contribution < 1.29 is 4.74 Å². The van der Waals surface area contributed by atoms with Gasteiger partial charge in [0.2, 0.25) is 0 Å². The van der Waals surface area contributed by atoms with E-state index in [9.17, 15) is 4.79 Å². The van der Waals surface area contributed by atoms with E-state index < -0.39 is 0 Å². The SMILES string of the molecule is COc1ccc(Cn2ncc3c(c2=O)CCCC3)cc1. The highest BCUT2D eigenvalue weighted by Gasteiger charge is 2.15. The summed E-state index contributed by atoms with van der Waals surface area (Å²) in [6.45, 7) is 0.510. The molecule has 0 radical (unpaired) electrons. The lowest BCUT2D eigenvalue weighted by Gasteiger charge is -2.15. The fourth-order valence-corrected chi connectivity index (χ4v) is 2.68. The van der Waals surface area contributed by atoms with E-state index in [2.05, 4.69) is 5.10 Å². The number of rotatable bonds is 3. The summed E-state index contributed by atoms with van der Waals surface area (Å²) in [5, 5.41) is 4.30. The third kappa shape index (κ3) is 2.46. The van der Waals surface area contributed by atoms with Gasteiger partial charge in [-0.25, -0.2) is 4.68 Å². The van der Waals surface area contributed by atoms with Crippen LogP contribution in [0.4, 0.5) is 0 Å². The molecule has 1 aromatic carbocycles. The van der Waals surface area contributed by atoms with Crippen molar-refractivity contribution in [3.8, 4) is 5.75 Å². The minimum Gasteiger partial charge on any atom is -0.497 e. The van der Waals surface area contributed by atoms with Crippen molar-refractivity contribution in [3.05, 3.63) is 57.5 Å². The minimum atomic E-state index is 0.0676. The lowest BCUT2D eigenvalue weighted by molar-refractivity contribution is 0.414. The monoisotopic (exact) mass is 270 g/mol. The van der Waals surface area contributed by atoms with E-state index in [4.69, 9.17) is 4.74 Å². The second-order valence-corrected chi connectivity index (χ2v) is 5.17. The Bertz CT molecular complexity index is 659. The first kappa shape index (κ1) is 12.9. The van der Waals surface area contributed by atoms with Crippen LogP contribution in [0.1, 0.15) is 29.5 Å². The van der Waals surface area contributed by atoms with E-state index in [0.717, 1.165) is 48.1 Å². The standard InChI is InChI=1S/C16H18N2O2/c1-20-14-8-6-12(7-9-14)11-18-16(19)15-5-3-2-4-13(15)10-17-18/h6-10H,2-5,11H2,1H3. The predicted molar refractivity (Wildman–Crippen MR) is 77.2 cm³/mol. The number of benzene rings is 1. The van der Waals surface area contributed by atoms with Gasteiger partial charge in [-0.3, -0.25) is 4.79 Å². The quantitative estimate of drug-likeness (QED) is 0.858. The molecule has 0 saturated carbocycles. The number of aromatic nitrogens is 2. The van der Waals surface area contributed by atoms with Gasteiger partial charge < -0.3 is 4.74 Å². The van der Waals surface area contributed by atoms with E-state index in [1.807, 2.05) is 30.5 Å². The van der Waals surface area contributed by atoms with Crippen LogP contribution in [0.25, 0.3) is 0 Å². The molecule has 0 N–H and O–H groups in total. The van der Waals surface area contributed by atoms with Crippen LogP contribution in [0.15, 0.2) is 35.3 Å². The molecule has 3 rings (SSSR count).